The summed E-state index contributed by atoms with van der Waals surface area (Å²) in [5.74, 6) is -3.12. The van der Waals surface area contributed by atoms with E-state index in [1.165, 1.54) is 6.07 Å². The number of rotatable bonds is 0. The number of hydrogen-bond acceptors (Lipinski definition) is 1. The van der Waals surface area contributed by atoms with Gasteiger partial charge in [0.25, 0.3) is 5.92 Å². The molecule has 0 bridgehead atoms. The fourth-order valence-corrected chi connectivity index (χ4v) is 1.63. The maximum atomic E-state index is 13.0. The molecule has 1 aliphatic rings. The summed E-state index contributed by atoms with van der Waals surface area (Å²) in [7, 11) is 0. The van der Waals surface area contributed by atoms with E-state index in [0.717, 1.165) is 0 Å². The topological polar surface area (TPSA) is 20.2 Å². The minimum Gasteiger partial charge on any atom is -0.507 e. The fourth-order valence-electron chi connectivity index (χ4n) is 1.63. The number of aromatic hydroxyl groups is 1. The SMILES string of the molecule is Oc1cccc2c1C(F)(F)CC2. The van der Waals surface area contributed by atoms with Crippen LogP contribution in [0.4, 0.5) is 8.78 Å². The molecule has 1 aromatic rings. The van der Waals surface area contributed by atoms with Gasteiger partial charge in [-0.3, -0.25) is 0 Å². The average molecular weight is 170 g/mol. The second kappa shape index (κ2) is 2.19. The molecule has 0 amide bonds. The van der Waals surface area contributed by atoms with E-state index in [1.807, 2.05) is 0 Å². The van der Waals surface area contributed by atoms with Gasteiger partial charge < -0.3 is 5.11 Å². The second-order valence-electron chi connectivity index (χ2n) is 3.02. The van der Waals surface area contributed by atoms with Crippen molar-refractivity contribution in [2.24, 2.45) is 0 Å². The summed E-state index contributed by atoms with van der Waals surface area (Å²) in [6.45, 7) is 0. The highest BCUT2D eigenvalue weighted by Gasteiger charge is 2.41. The molecule has 0 heterocycles. The van der Waals surface area contributed by atoms with Gasteiger partial charge in [0.1, 0.15) is 5.75 Å². The van der Waals surface area contributed by atoms with Crippen LogP contribution in [0.3, 0.4) is 0 Å². The van der Waals surface area contributed by atoms with Crippen molar-refractivity contribution >= 4 is 0 Å². The monoisotopic (exact) mass is 170 g/mol. The Hall–Kier alpha value is -1.12. The molecule has 0 spiro atoms. The zero-order valence-corrected chi connectivity index (χ0v) is 6.35. The van der Waals surface area contributed by atoms with E-state index in [0.29, 0.717) is 12.0 Å². The van der Waals surface area contributed by atoms with E-state index >= 15 is 0 Å². The summed E-state index contributed by atoms with van der Waals surface area (Å²) >= 11 is 0. The van der Waals surface area contributed by atoms with Gasteiger partial charge in [0.05, 0.1) is 5.56 Å². The molecule has 0 atom stereocenters. The predicted molar refractivity (Wildman–Crippen MR) is 40.3 cm³/mol. The Labute approximate surface area is 68.6 Å². The maximum Gasteiger partial charge on any atom is 0.277 e. The lowest BCUT2D eigenvalue weighted by molar-refractivity contribution is -0.00373. The van der Waals surface area contributed by atoms with Gasteiger partial charge in [0.2, 0.25) is 0 Å². The van der Waals surface area contributed by atoms with E-state index in [-0.39, 0.29) is 17.7 Å². The summed E-state index contributed by atoms with van der Waals surface area (Å²) in [5, 5.41) is 9.19. The Morgan fingerprint density at radius 2 is 2.08 bits per heavy atom. The Morgan fingerprint density at radius 3 is 2.75 bits per heavy atom. The lowest BCUT2D eigenvalue weighted by atomic mass is 10.1. The summed E-state index contributed by atoms with van der Waals surface area (Å²) in [5.41, 5.74) is 0.394. The molecule has 0 aliphatic heterocycles. The summed E-state index contributed by atoms with van der Waals surface area (Å²) in [6, 6.07) is 4.53. The van der Waals surface area contributed by atoms with Crippen LogP contribution in [-0.4, -0.2) is 5.11 Å². The zero-order chi connectivity index (χ0) is 8.77. The summed E-state index contributed by atoms with van der Waals surface area (Å²) in [4.78, 5) is 0. The predicted octanol–water partition coefficient (Wildman–Crippen LogP) is 2.43. The highest BCUT2D eigenvalue weighted by Crippen LogP contribution is 2.45. The van der Waals surface area contributed by atoms with E-state index in [4.69, 9.17) is 0 Å². The van der Waals surface area contributed by atoms with Crippen molar-refractivity contribution in [3.63, 3.8) is 0 Å². The van der Waals surface area contributed by atoms with Gasteiger partial charge in [-0.1, -0.05) is 12.1 Å². The van der Waals surface area contributed by atoms with Crippen LogP contribution in [0.1, 0.15) is 17.5 Å². The standard InChI is InChI=1S/C9H8F2O/c10-9(11)5-4-6-2-1-3-7(12)8(6)9/h1-3,12H,4-5H2. The molecule has 0 saturated heterocycles. The Kier molecular flexibility index (Phi) is 1.37. The molecule has 0 radical (unpaired) electrons. The average Bonchev–Trinajstić information content (AvgIpc) is 2.29. The first-order chi connectivity index (χ1) is 5.61. The van der Waals surface area contributed by atoms with Crippen LogP contribution >= 0.6 is 0 Å². The molecule has 1 aromatic carbocycles. The molecule has 0 saturated carbocycles. The first kappa shape index (κ1) is 7.53. The lowest BCUT2D eigenvalue weighted by Crippen LogP contribution is -2.07. The summed E-state index contributed by atoms with van der Waals surface area (Å²) in [6.07, 6.45) is 0.177. The van der Waals surface area contributed by atoms with E-state index in [2.05, 4.69) is 0 Å². The molecule has 1 nitrogen and oxygen atoms in total. The Bertz CT molecular complexity index is 320. The van der Waals surface area contributed by atoms with Gasteiger partial charge in [0.15, 0.2) is 0 Å². The lowest BCUT2D eigenvalue weighted by Gasteiger charge is -2.10. The van der Waals surface area contributed by atoms with Crippen LogP contribution in [0.25, 0.3) is 0 Å². The van der Waals surface area contributed by atoms with Crippen LogP contribution in [0.5, 0.6) is 5.75 Å². The molecule has 0 aromatic heterocycles. The number of halogens is 2. The van der Waals surface area contributed by atoms with Crippen LogP contribution in [0, 0.1) is 0 Å². The molecular formula is C9H8F2O. The number of phenols is 1. The Morgan fingerprint density at radius 1 is 1.33 bits per heavy atom. The summed E-state index contributed by atoms with van der Waals surface area (Å²) < 4.78 is 26.1. The number of fused-ring (bicyclic) bond motifs is 1. The first-order valence-electron chi connectivity index (χ1n) is 3.80. The van der Waals surface area contributed by atoms with Gasteiger partial charge >= 0.3 is 0 Å². The normalized spacial score (nSPS) is 19.2. The van der Waals surface area contributed by atoms with Gasteiger partial charge in [-0.2, -0.15) is 0 Å². The number of phenolic OH excluding ortho intramolecular Hbond substituents is 1. The van der Waals surface area contributed by atoms with Crippen molar-refractivity contribution in [3.8, 4) is 5.75 Å². The molecule has 0 fully saturated rings. The smallest absolute Gasteiger partial charge is 0.277 e. The van der Waals surface area contributed by atoms with Crippen LogP contribution in [0.2, 0.25) is 0 Å². The number of alkyl halides is 2. The first-order valence-corrected chi connectivity index (χ1v) is 3.80. The van der Waals surface area contributed by atoms with Crippen molar-refractivity contribution in [2.45, 2.75) is 18.8 Å². The van der Waals surface area contributed by atoms with E-state index in [1.54, 1.807) is 12.1 Å². The van der Waals surface area contributed by atoms with Crippen LogP contribution in [0.15, 0.2) is 18.2 Å². The molecule has 1 aliphatic carbocycles. The third-order valence-electron chi connectivity index (χ3n) is 2.20. The van der Waals surface area contributed by atoms with Gasteiger partial charge in [0, 0.05) is 6.42 Å². The van der Waals surface area contributed by atoms with E-state index < -0.39 is 5.92 Å². The van der Waals surface area contributed by atoms with Gasteiger partial charge in [-0.05, 0) is 18.1 Å². The Balaban J connectivity index is 2.64. The fraction of sp³-hybridized carbons (Fsp3) is 0.333. The van der Waals surface area contributed by atoms with Crippen molar-refractivity contribution in [1.82, 2.24) is 0 Å². The van der Waals surface area contributed by atoms with Crippen molar-refractivity contribution in [1.29, 1.82) is 0 Å². The molecule has 12 heavy (non-hydrogen) atoms. The third kappa shape index (κ3) is 0.891. The zero-order valence-electron chi connectivity index (χ0n) is 6.35. The third-order valence-corrected chi connectivity index (χ3v) is 2.20. The molecular weight excluding hydrogens is 162 g/mol. The number of benzene rings is 1. The molecule has 64 valence electrons. The molecule has 3 heteroatoms. The molecule has 0 unspecified atom stereocenters. The number of hydrogen-bond donors (Lipinski definition) is 1. The highest BCUT2D eigenvalue weighted by molar-refractivity contribution is 5.45. The number of aryl methyl sites for hydroxylation is 1. The van der Waals surface area contributed by atoms with Gasteiger partial charge in [-0.25, -0.2) is 8.78 Å². The van der Waals surface area contributed by atoms with Crippen molar-refractivity contribution in [2.75, 3.05) is 0 Å². The van der Waals surface area contributed by atoms with Crippen molar-refractivity contribution < 1.29 is 13.9 Å². The minimum absolute atomic E-state index is 0.176. The second-order valence-corrected chi connectivity index (χ2v) is 3.02. The quantitative estimate of drug-likeness (QED) is 0.634. The van der Waals surface area contributed by atoms with Crippen LogP contribution in [-0.2, 0) is 12.3 Å². The van der Waals surface area contributed by atoms with E-state index in [9.17, 15) is 13.9 Å². The van der Waals surface area contributed by atoms with Crippen LogP contribution < -0.4 is 0 Å². The minimum atomic E-state index is -2.83. The largest absolute Gasteiger partial charge is 0.507 e. The molecule has 1 N–H and O–H groups in total. The highest BCUT2D eigenvalue weighted by atomic mass is 19.3. The molecule has 2 rings (SSSR count). The van der Waals surface area contributed by atoms with Gasteiger partial charge in [-0.15, -0.1) is 0 Å². The van der Waals surface area contributed by atoms with Crippen molar-refractivity contribution in [3.05, 3.63) is 29.3 Å². The maximum absolute atomic E-state index is 13.0.